The first-order valence-electron chi connectivity index (χ1n) is 5.79. The SMILES string of the molecule is COc1ccc(COc2ccc(C#N)c(Br)c2F)cc1. The summed E-state index contributed by atoms with van der Waals surface area (Å²) in [4.78, 5) is 0. The average Bonchev–Trinajstić information content (AvgIpc) is 2.49. The Morgan fingerprint density at radius 3 is 2.50 bits per heavy atom. The van der Waals surface area contributed by atoms with Gasteiger partial charge in [-0.15, -0.1) is 0 Å². The highest BCUT2D eigenvalue weighted by molar-refractivity contribution is 9.10. The third-order valence-electron chi connectivity index (χ3n) is 2.72. The van der Waals surface area contributed by atoms with E-state index in [-0.39, 0.29) is 22.4 Å². The van der Waals surface area contributed by atoms with Crippen LogP contribution in [0.25, 0.3) is 0 Å². The molecule has 0 aliphatic rings. The Morgan fingerprint density at radius 1 is 1.20 bits per heavy atom. The van der Waals surface area contributed by atoms with Crippen LogP contribution in [0.3, 0.4) is 0 Å². The molecule has 0 aromatic heterocycles. The van der Waals surface area contributed by atoms with Crippen LogP contribution in [-0.2, 0) is 6.61 Å². The smallest absolute Gasteiger partial charge is 0.180 e. The molecule has 0 bridgehead atoms. The van der Waals surface area contributed by atoms with Crippen molar-refractivity contribution in [3.63, 3.8) is 0 Å². The van der Waals surface area contributed by atoms with Gasteiger partial charge in [-0.2, -0.15) is 5.26 Å². The van der Waals surface area contributed by atoms with Crippen LogP contribution in [0.2, 0.25) is 0 Å². The zero-order valence-electron chi connectivity index (χ0n) is 10.7. The zero-order chi connectivity index (χ0) is 14.5. The van der Waals surface area contributed by atoms with Crippen molar-refractivity contribution in [2.45, 2.75) is 6.61 Å². The molecule has 0 saturated carbocycles. The van der Waals surface area contributed by atoms with Gasteiger partial charge in [-0.1, -0.05) is 12.1 Å². The highest BCUT2D eigenvalue weighted by Gasteiger charge is 2.12. The lowest BCUT2D eigenvalue weighted by molar-refractivity contribution is 0.289. The topological polar surface area (TPSA) is 42.2 Å². The summed E-state index contributed by atoms with van der Waals surface area (Å²) in [6, 6.07) is 12.2. The van der Waals surface area contributed by atoms with Gasteiger partial charge in [0.15, 0.2) is 11.6 Å². The first kappa shape index (κ1) is 14.4. The summed E-state index contributed by atoms with van der Waals surface area (Å²) in [5, 5.41) is 8.79. The number of hydrogen-bond acceptors (Lipinski definition) is 3. The Bertz CT molecular complexity index is 650. The number of nitrogens with zero attached hydrogens (tertiary/aromatic N) is 1. The number of hydrogen-bond donors (Lipinski definition) is 0. The summed E-state index contributed by atoms with van der Waals surface area (Å²) in [5.74, 6) is 0.283. The number of ether oxygens (including phenoxy) is 2. The second kappa shape index (κ2) is 6.40. The van der Waals surface area contributed by atoms with Crippen molar-refractivity contribution < 1.29 is 13.9 Å². The fraction of sp³-hybridized carbons (Fsp3) is 0.133. The molecule has 2 aromatic carbocycles. The van der Waals surface area contributed by atoms with Crippen molar-refractivity contribution in [3.8, 4) is 17.6 Å². The van der Waals surface area contributed by atoms with Crippen LogP contribution in [0.5, 0.6) is 11.5 Å². The van der Waals surface area contributed by atoms with Crippen LogP contribution in [0, 0.1) is 17.1 Å². The van der Waals surface area contributed by atoms with Gasteiger partial charge in [-0.05, 0) is 45.8 Å². The Balaban J connectivity index is 2.11. The maximum atomic E-state index is 13.9. The van der Waals surface area contributed by atoms with E-state index in [0.717, 1.165) is 11.3 Å². The van der Waals surface area contributed by atoms with Gasteiger partial charge in [-0.25, -0.2) is 4.39 Å². The summed E-state index contributed by atoms with van der Waals surface area (Å²) in [5.41, 5.74) is 1.13. The molecule has 0 spiro atoms. The highest BCUT2D eigenvalue weighted by atomic mass is 79.9. The maximum Gasteiger partial charge on any atom is 0.180 e. The van der Waals surface area contributed by atoms with Crippen LogP contribution >= 0.6 is 15.9 Å². The van der Waals surface area contributed by atoms with Crippen molar-refractivity contribution in [3.05, 3.63) is 57.8 Å². The molecule has 0 aliphatic heterocycles. The maximum absolute atomic E-state index is 13.9. The minimum absolute atomic E-state index is 0.103. The minimum atomic E-state index is -0.572. The monoisotopic (exact) mass is 335 g/mol. The predicted octanol–water partition coefficient (Wildman–Crippen LogP) is 4.05. The Hall–Kier alpha value is -2.06. The quantitative estimate of drug-likeness (QED) is 0.846. The van der Waals surface area contributed by atoms with Crippen molar-refractivity contribution in [1.82, 2.24) is 0 Å². The molecule has 0 N–H and O–H groups in total. The van der Waals surface area contributed by atoms with Gasteiger partial charge < -0.3 is 9.47 Å². The molecule has 0 saturated heterocycles. The summed E-state index contributed by atoms with van der Waals surface area (Å²) in [6.07, 6.45) is 0. The van der Waals surface area contributed by atoms with Gasteiger partial charge in [-0.3, -0.25) is 0 Å². The molecule has 0 fully saturated rings. The molecular weight excluding hydrogens is 325 g/mol. The molecule has 0 radical (unpaired) electrons. The Morgan fingerprint density at radius 2 is 1.90 bits per heavy atom. The summed E-state index contributed by atoms with van der Waals surface area (Å²) >= 11 is 3.04. The second-order valence-electron chi connectivity index (χ2n) is 3.99. The Labute approximate surface area is 124 Å². The van der Waals surface area contributed by atoms with Gasteiger partial charge in [0.1, 0.15) is 18.4 Å². The highest BCUT2D eigenvalue weighted by Crippen LogP contribution is 2.28. The fourth-order valence-corrected chi connectivity index (χ4v) is 2.03. The first-order valence-corrected chi connectivity index (χ1v) is 6.59. The van der Waals surface area contributed by atoms with Crippen LogP contribution in [0.1, 0.15) is 11.1 Å². The molecule has 0 atom stereocenters. The standard InChI is InChI=1S/C15H11BrFNO2/c1-19-12-5-2-10(3-6-12)9-20-13-7-4-11(8-18)14(16)15(13)17/h2-7H,9H2,1H3. The number of methoxy groups -OCH3 is 1. The molecule has 2 aromatic rings. The third kappa shape index (κ3) is 3.09. The van der Waals surface area contributed by atoms with Crippen LogP contribution in [0.15, 0.2) is 40.9 Å². The fourth-order valence-electron chi connectivity index (χ4n) is 1.61. The lowest BCUT2D eigenvalue weighted by Crippen LogP contribution is -1.98. The molecule has 102 valence electrons. The Kier molecular flexibility index (Phi) is 4.59. The van der Waals surface area contributed by atoms with Crippen LogP contribution in [0.4, 0.5) is 4.39 Å². The third-order valence-corrected chi connectivity index (χ3v) is 3.50. The zero-order valence-corrected chi connectivity index (χ0v) is 12.3. The van der Waals surface area contributed by atoms with E-state index in [9.17, 15) is 4.39 Å². The molecule has 0 unspecified atom stereocenters. The van der Waals surface area contributed by atoms with Gasteiger partial charge in [0.25, 0.3) is 0 Å². The second-order valence-corrected chi connectivity index (χ2v) is 4.78. The minimum Gasteiger partial charge on any atom is -0.497 e. The van der Waals surface area contributed by atoms with Crippen LogP contribution in [-0.4, -0.2) is 7.11 Å². The van der Waals surface area contributed by atoms with E-state index in [1.165, 1.54) is 12.1 Å². The molecule has 0 heterocycles. The first-order chi connectivity index (χ1) is 9.65. The van der Waals surface area contributed by atoms with Crippen LogP contribution < -0.4 is 9.47 Å². The molecule has 0 aliphatic carbocycles. The van der Waals surface area contributed by atoms with E-state index in [1.807, 2.05) is 30.3 Å². The van der Waals surface area contributed by atoms with Crippen molar-refractivity contribution in [1.29, 1.82) is 5.26 Å². The normalized spacial score (nSPS) is 9.90. The number of halogens is 2. The average molecular weight is 336 g/mol. The van der Waals surface area contributed by atoms with Gasteiger partial charge >= 0.3 is 0 Å². The van der Waals surface area contributed by atoms with E-state index >= 15 is 0 Å². The van der Waals surface area contributed by atoms with E-state index < -0.39 is 5.82 Å². The molecule has 20 heavy (non-hydrogen) atoms. The summed E-state index contributed by atoms with van der Waals surface area (Å²) in [7, 11) is 1.59. The van der Waals surface area contributed by atoms with Gasteiger partial charge in [0.2, 0.25) is 0 Å². The lowest BCUT2D eigenvalue weighted by Gasteiger charge is -2.09. The molecule has 5 heteroatoms. The van der Waals surface area contributed by atoms with E-state index in [1.54, 1.807) is 7.11 Å². The van der Waals surface area contributed by atoms with Gasteiger partial charge in [0, 0.05) is 0 Å². The number of nitriles is 1. The molecule has 3 nitrogen and oxygen atoms in total. The van der Waals surface area contributed by atoms with Gasteiger partial charge in [0.05, 0.1) is 17.1 Å². The largest absolute Gasteiger partial charge is 0.497 e. The molecular formula is C15H11BrFNO2. The van der Waals surface area contributed by atoms with Crippen molar-refractivity contribution >= 4 is 15.9 Å². The van der Waals surface area contributed by atoms with E-state index in [0.29, 0.717) is 0 Å². The van der Waals surface area contributed by atoms with E-state index in [4.69, 9.17) is 14.7 Å². The van der Waals surface area contributed by atoms with Crippen molar-refractivity contribution in [2.75, 3.05) is 7.11 Å². The predicted molar refractivity (Wildman–Crippen MR) is 76.1 cm³/mol. The number of rotatable bonds is 4. The van der Waals surface area contributed by atoms with E-state index in [2.05, 4.69) is 15.9 Å². The molecule has 0 amide bonds. The lowest BCUT2D eigenvalue weighted by atomic mass is 10.2. The van der Waals surface area contributed by atoms with Crippen molar-refractivity contribution in [2.24, 2.45) is 0 Å². The number of benzene rings is 2. The molecule has 2 rings (SSSR count). The summed E-state index contributed by atoms with van der Waals surface area (Å²) in [6.45, 7) is 0.235. The summed E-state index contributed by atoms with van der Waals surface area (Å²) < 4.78 is 24.5.